The molecule has 0 aliphatic heterocycles. The Morgan fingerprint density at radius 3 is 2.27 bits per heavy atom. The molecule has 0 saturated carbocycles. The van der Waals surface area contributed by atoms with Gasteiger partial charge in [-0.1, -0.05) is 75.1 Å². The monoisotopic (exact) mass is 517 g/mol. The zero-order valence-corrected chi connectivity index (χ0v) is 22.1. The van der Waals surface area contributed by atoms with Crippen LogP contribution in [-0.2, 0) is 6.42 Å². The molecule has 0 fully saturated rings. The van der Waals surface area contributed by atoms with Crippen molar-refractivity contribution in [1.29, 1.82) is 0 Å². The lowest BCUT2D eigenvalue weighted by molar-refractivity contribution is 0.0953. The number of benzene rings is 3. The molecule has 2 amide bonds. The Labute approximate surface area is 224 Å². The van der Waals surface area contributed by atoms with Crippen LogP contribution in [0.3, 0.4) is 0 Å². The molecule has 0 radical (unpaired) electrons. The molecule has 3 aromatic carbocycles. The number of unbranched alkanes of at least 4 members (excludes halogenated alkanes) is 4. The highest BCUT2D eigenvalue weighted by Crippen LogP contribution is 2.16. The Balaban J connectivity index is 1.47. The molecule has 6 nitrogen and oxygen atoms in total. The molecule has 0 heterocycles. The van der Waals surface area contributed by atoms with Crippen molar-refractivity contribution in [3.8, 4) is 5.75 Å². The number of carbonyl (C=O) groups excluding carboxylic acids is 2. The maximum atomic E-state index is 12.8. The highest BCUT2D eigenvalue weighted by molar-refractivity contribution is 7.80. The molecule has 0 aliphatic carbocycles. The van der Waals surface area contributed by atoms with Crippen molar-refractivity contribution < 1.29 is 14.3 Å². The van der Waals surface area contributed by atoms with Crippen LogP contribution in [-0.4, -0.2) is 30.1 Å². The fraction of sp³-hybridized carbons (Fsp3) is 0.300. The first-order valence-corrected chi connectivity index (χ1v) is 13.2. The highest BCUT2D eigenvalue weighted by atomic mass is 32.1. The Hall–Kier alpha value is -3.71. The van der Waals surface area contributed by atoms with E-state index >= 15 is 0 Å². The van der Waals surface area contributed by atoms with Crippen LogP contribution in [0.15, 0.2) is 78.9 Å². The summed E-state index contributed by atoms with van der Waals surface area (Å²) in [6.45, 7) is 3.38. The first kappa shape index (κ1) is 27.9. The van der Waals surface area contributed by atoms with Gasteiger partial charge in [0.2, 0.25) is 0 Å². The maximum absolute atomic E-state index is 12.8. The summed E-state index contributed by atoms with van der Waals surface area (Å²) >= 11 is 5.34. The number of hydrogen-bond acceptors (Lipinski definition) is 4. The van der Waals surface area contributed by atoms with Crippen LogP contribution < -0.4 is 20.7 Å². The largest absolute Gasteiger partial charge is 0.494 e. The summed E-state index contributed by atoms with van der Waals surface area (Å²) in [5.74, 6) is 0.183. The molecular weight excluding hydrogens is 482 g/mol. The van der Waals surface area contributed by atoms with Gasteiger partial charge in [0.1, 0.15) is 5.75 Å². The topological polar surface area (TPSA) is 79.5 Å². The minimum atomic E-state index is -0.339. The molecule has 0 aromatic heterocycles. The van der Waals surface area contributed by atoms with E-state index in [-0.39, 0.29) is 16.9 Å². The van der Waals surface area contributed by atoms with E-state index in [9.17, 15) is 9.59 Å². The third-order valence-electron chi connectivity index (χ3n) is 5.82. The van der Waals surface area contributed by atoms with Gasteiger partial charge >= 0.3 is 0 Å². The lowest BCUT2D eigenvalue weighted by Gasteiger charge is -2.14. The molecule has 0 saturated heterocycles. The van der Waals surface area contributed by atoms with Gasteiger partial charge < -0.3 is 15.4 Å². The SMILES string of the molecule is CCCCCCCOc1ccc(C(=O)NC(=S)Nc2ccccc2C(=O)NCCc2ccccc2)cc1. The number of nitrogens with one attached hydrogen (secondary N) is 3. The third-order valence-corrected chi connectivity index (χ3v) is 6.03. The van der Waals surface area contributed by atoms with Gasteiger partial charge in [0.05, 0.1) is 17.9 Å². The van der Waals surface area contributed by atoms with Gasteiger partial charge in [0, 0.05) is 12.1 Å². The number of carbonyl (C=O) groups is 2. The van der Waals surface area contributed by atoms with Gasteiger partial charge in [-0.05, 0) is 67.0 Å². The second-order valence-electron chi connectivity index (χ2n) is 8.73. The molecular formula is C30H35N3O3S. The zero-order valence-electron chi connectivity index (χ0n) is 21.3. The predicted molar refractivity (Wildman–Crippen MR) is 153 cm³/mol. The number of anilines is 1. The molecule has 0 bridgehead atoms. The smallest absolute Gasteiger partial charge is 0.257 e. The summed E-state index contributed by atoms with van der Waals surface area (Å²) in [6.07, 6.45) is 6.64. The Morgan fingerprint density at radius 1 is 0.811 bits per heavy atom. The second-order valence-corrected chi connectivity index (χ2v) is 9.14. The number of hydrogen-bond donors (Lipinski definition) is 3. The maximum Gasteiger partial charge on any atom is 0.257 e. The number of thiocarbonyl (C=S) groups is 1. The quantitative estimate of drug-likeness (QED) is 0.188. The molecule has 0 unspecified atom stereocenters. The van der Waals surface area contributed by atoms with E-state index < -0.39 is 0 Å². The van der Waals surface area contributed by atoms with E-state index in [1.165, 1.54) is 19.3 Å². The molecule has 37 heavy (non-hydrogen) atoms. The minimum absolute atomic E-state index is 0.113. The molecule has 3 N–H and O–H groups in total. The van der Waals surface area contributed by atoms with E-state index in [0.717, 1.165) is 30.6 Å². The summed E-state index contributed by atoms with van der Waals surface area (Å²) in [6, 6.07) is 24.0. The van der Waals surface area contributed by atoms with Crippen LogP contribution in [0.4, 0.5) is 5.69 Å². The number of ether oxygens (including phenoxy) is 1. The number of amides is 2. The van der Waals surface area contributed by atoms with E-state index in [0.29, 0.717) is 30.0 Å². The van der Waals surface area contributed by atoms with Gasteiger partial charge in [-0.3, -0.25) is 14.9 Å². The molecule has 0 spiro atoms. The fourth-order valence-corrected chi connectivity index (χ4v) is 3.98. The van der Waals surface area contributed by atoms with Gasteiger partial charge in [-0.15, -0.1) is 0 Å². The van der Waals surface area contributed by atoms with E-state index in [1.807, 2.05) is 30.3 Å². The van der Waals surface area contributed by atoms with Gasteiger partial charge in [-0.2, -0.15) is 0 Å². The van der Waals surface area contributed by atoms with Gasteiger partial charge in [-0.25, -0.2) is 0 Å². The van der Waals surface area contributed by atoms with Crippen molar-refractivity contribution >= 4 is 34.8 Å². The summed E-state index contributed by atoms with van der Waals surface area (Å²) in [5.41, 5.74) is 2.59. The van der Waals surface area contributed by atoms with E-state index in [2.05, 4.69) is 22.9 Å². The Kier molecular flexibility index (Phi) is 11.6. The lowest BCUT2D eigenvalue weighted by atomic mass is 10.1. The molecule has 3 rings (SSSR count). The minimum Gasteiger partial charge on any atom is -0.494 e. The summed E-state index contributed by atoms with van der Waals surface area (Å²) < 4.78 is 5.76. The predicted octanol–water partition coefficient (Wildman–Crippen LogP) is 6.14. The van der Waals surface area contributed by atoms with Crippen molar-refractivity contribution in [3.63, 3.8) is 0 Å². The second kappa shape index (κ2) is 15.4. The third kappa shape index (κ3) is 9.69. The molecule has 194 valence electrons. The van der Waals surface area contributed by atoms with Crippen LogP contribution in [0.25, 0.3) is 0 Å². The van der Waals surface area contributed by atoms with Gasteiger partial charge in [0.15, 0.2) is 5.11 Å². The zero-order chi connectivity index (χ0) is 26.3. The van der Waals surface area contributed by atoms with Crippen LogP contribution in [0.1, 0.15) is 65.3 Å². The van der Waals surface area contributed by atoms with Crippen LogP contribution in [0.2, 0.25) is 0 Å². The van der Waals surface area contributed by atoms with Crippen LogP contribution >= 0.6 is 12.2 Å². The van der Waals surface area contributed by atoms with Gasteiger partial charge in [0.25, 0.3) is 11.8 Å². The molecule has 0 aliphatic rings. The van der Waals surface area contributed by atoms with Crippen molar-refractivity contribution in [2.75, 3.05) is 18.5 Å². The first-order chi connectivity index (χ1) is 18.1. The summed E-state index contributed by atoms with van der Waals surface area (Å²) in [5, 5.41) is 8.70. The fourth-order valence-electron chi connectivity index (χ4n) is 3.78. The van der Waals surface area contributed by atoms with E-state index in [1.54, 1.807) is 48.5 Å². The number of para-hydroxylation sites is 1. The normalized spacial score (nSPS) is 10.4. The van der Waals surface area contributed by atoms with Crippen molar-refractivity contribution in [2.45, 2.75) is 45.4 Å². The Bertz CT molecular complexity index is 1150. The molecule has 3 aromatic rings. The van der Waals surface area contributed by atoms with Crippen LogP contribution in [0.5, 0.6) is 5.75 Å². The van der Waals surface area contributed by atoms with E-state index in [4.69, 9.17) is 17.0 Å². The van der Waals surface area contributed by atoms with Crippen LogP contribution in [0, 0.1) is 0 Å². The highest BCUT2D eigenvalue weighted by Gasteiger charge is 2.13. The first-order valence-electron chi connectivity index (χ1n) is 12.8. The number of rotatable bonds is 13. The van der Waals surface area contributed by atoms with Crippen molar-refractivity contribution in [2.24, 2.45) is 0 Å². The average Bonchev–Trinajstić information content (AvgIpc) is 2.91. The molecule has 7 heteroatoms. The standard InChI is InChI=1S/C30H35N3O3S/c1-2-3-4-5-11-22-36-25-18-16-24(17-19-25)28(34)33-30(37)32-27-15-10-9-14-26(27)29(35)31-21-20-23-12-7-6-8-13-23/h6-10,12-19H,2-5,11,20-22H2,1H3,(H,31,35)(H2,32,33,34,37). The molecule has 0 atom stereocenters. The average molecular weight is 518 g/mol. The lowest BCUT2D eigenvalue weighted by Crippen LogP contribution is -2.35. The summed E-state index contributed by atoms with van der Waals surface area (Å²) in [4.78, 5) is 25.4. The Morgan fingerprint density at radius 2 is 1.51 bits per heavy atom. The summed E-state index contributed by atoms with van der Waals surface area (Å²) in [7, 11) is 0. The van der Waals surface area contributed by atoms with Crippen molar-refractivity contribution in [3.05, 3.63) is 95.6 Å². The van der Waals surface area contributed by atoms with Crippen molar-refractivity contribution in [1.82, 2.24) is 10.6 Å².